The fourth-order valence-electron chi connectivity index (χ4n) is 4.36. The minimum atomic E-state index is -0.964. The average molecular weight is 565 g/mol. The summed E-state index contributed by atoms with van der Waals surface area (Å²) >= 11 is 0. The van der Waals surface area contributed by atoms with Crippen molar-refractivity contribution in [1.82, 2.24) is 34.0 Å². The zero-order valence-corrected chi connectivity index (χ0v) is 22.0. The summed E-state index contributed by atoms with van der Waals surface area (Å²) in [4.78, 5) is 40.2. The molecule has 0 unspecified atom stereocenters. The van der Waals surface area contributed by atoms with Crippen molar-refractivity contribution < 1.29 is 18.4 Å². The summed E-state index contributed by atoms with van der Waals surface area (Å²) in [6.07, 6.45) is 0. The van der Waals surface area contributed by atoms with Crippen LogP contribution in [0.1, 0.15) is 11.3 Å². The van der Waals surface area contributed by atoms with Crippen molar-refractivity contribution in [2.75, 3.05) is 21.2 Å². The van der Waals surface area contributed by atoms with E-state index >= 15 is 0 Å². The summed E-state index contributed by atoms with van der Waals surface area (Å²) in [7, 11) is 4.87. The summed E-state index contributed by atoms with van der Waals surface area (Å²) in [5.41, 5.74) is -1.80. The number of halogens is 2. The number of benzene rings is 2. The van der Waals surface area contributed by atoms with Crippen molar-refractivity contribution in [3.63, 3.8) is 0 Å². The molecule has 0 aliphatic rings. The second-order valence-electron chi connectivity index (χ2n) is 9.21. The molecular weight excluding hydrogens is 542 g/mol. The number of methoxy groups -OCH3 is 1. The van der Waals surface area contributed by atoms with Crippen molar-refractivity contribution in [3.05, 3.63) is 108 Å². The van der Waals surface area contributed by atoms with Crippen LogP contribution >= 0.6 is 0 Å². The first kappa shape index (κ1) is 27.3. The first-order valence-corrected chi connectivity index (χ1v) is 12.1. The minimum Gasteiger partial charge on any atom is -0.480 e. The predicted molar refractivity (Wildman–Crippen MR) is 143 cm³/mol. The van der Waals surface area contributed by atoms with E-state index in [9.17, 15) is 28.5 Å². The molecule has 210 valence electrons. The number of nitro groups is 1. The zero-order valence-electron chi connectivity index (χ0n) is 22.0. The van der Waals surface area contributed by atoms with Gasteiger partial charge in [0.05, 0.1) is 30.0 Å². The van der Waals surface area contributed by atoms with Crippen LogP contribution in [0.3, 0.4) is 0 Å². The van der Waals surface area contributed by atoms with Crippen LogP contribution in [-0.2, 0) is 13.1 Å². The number of aromatic nitrogens is 6. The molecule has 41 heavy (non-hydrogen) atoms. The molecule has 0 atom stereocenters. The van der Waals surface area contributed by atoms with Crippen molar-refractivity contribution in [2.24, 2.45) is 0 Å². The second kappa shape index (κ2) is 10.7. The second-order valence-corrected chi connectivity index (χ2v) is 9.21. The fourth-order valence-corrected chi connectivity index (χ4v) is 4.36. The lowest BCUT2D eigenvalue weighted by Crippen LogP contribution is -2.40. The van der Waals surface area contributed by atoms with E-state index in [1.807, 2.05) is 0 Å². The van der Waals surface area contributed by atoms with Crippen LogP contribution in [0, 0.1) is 21.7 Å². The lowest BCUT2D eigenvalue weighted by molar-refractivity contribution is -0.384. The highest BCUT2D eigenvalue weighted by Gasteiger charge is 2.26. The largest absolute Gasteiger partial charge is 0.480 e. The molecule has 0 amide bonds. The number of fused-ring (bicyclic) bond motifs is 1. The molecule has 0 saturated heterocycles. The third kappa shape index (κ3) is 4.93. The zero-order chi connectivity index (χ0) is 29.4. The number of ether oxygens (including phenoxy) is 1. The first-order valence-electron chi connectivity index (χ1n) is 12.1. The van der Waals surface area contributed by atoms with E-state index in [2.05, 4.69) is 15.3 Å². The fraction of sp³-hybridized carbons (Fsp3) is 0.192. The maximum Gasteiger partial charge on any atom is 0.338 e. The summed E-state index contributed by atoms with van der Waals surface area (Å²) in [5, 5.41) is 23.5. The van der Waals surface area contributed by atoms with E-state index < -0.39 is 39.9 Å². The van der Waals surface area contributed by atoms with Crippen LogP contribution in [0.4, 0.5) is 14.5 Å². The van der Waals surface area contributed by atoms with Gasteiger partial charge in [0.15, 0.2) is 11.5 Å². The summed E-state index contributed by atoms with van der Waals surface area (Å²) in [5.74, 6) is -1.80. The van der Waals surface area contributed by atoms with E-state index in [1.54, 1.807) is 19.0 Å². The molecule has 0 bridgehead atoms. The molecule has 0 aliphatic heterocycles. The number of rotatable bonds is 8. The average Bonchev–Trinajstić information content (AvgIpc) is 3.31. The van der Waals surface area contributed by atoms with E-state index in [0.717, 1.165) is 21.3 Å². The van der Waals surface area contributed by atoms with E-state index in [4.69, 9.17) is 4.74 Å². The molecule has 3 heterocycles. The van der Waals surface area contributed by atoms with Gasteiger partial charge < -0.3 is 9.64 Å². The third-order valence-electron chi connectivity index (χ3n) is 6.27. The summed E-state index contributed by atoms with van der Waals surface area (Å²) in [6, 6.07) is 11.5. The molecule has 2 aromatic carbocycles. The number of hydrogen-bond acceptors (Lipinski definition) is 9. The topological polar surface area (TPSA) is 143 Å². The van der Waals surface area contributed by atoms with E-state index in [-0.39, 0.29) is 35.0 Å². The van der Waals surface area contributed by atoms with Gasteiger partial charge in [-0.25, -0.2) is 22.8 Å². The van der Waals surface area contributed by atoms with Gasteiger partial charge >= 0.3 is 5.69 Å². The number of non-ortho nitro benzene ring substituents is 1. The highest BCUT2D eigenvalue weighted by atomic mass is 19.1. The lowest BCUT2D eigenvalue weighted by Gasteiger charge is -2.13. The van der Waals surface area contributed by atoms with Crippen LogP contribution in [0.25, 0.3) is 22.5 Å². The molecule has 0 aliphatic carbocycles. The molecule has 3 aromatic heterocycles. The Balaban J connectivity index is 1.87. The quantitative estimate of drug-likeness (QED) is 0.205. The van der Waals surface area contributed by atoms with Gasteiger partial charge in [-0.2, -0.15) is 0 Å². The van der Waals surface area contributed by atoms with Crippen molar-refractivity contribution >= 4 is 16.7 Å². The van der Waals surface area contributed by atoms with Crippen LogP contribution in [-0.4, -0.2) is 60.1 Å². The van der Waals surface area contributed by atoms with E-state index in [1.165, 1.54) is 54.3 Å². The Hall–Kier alpha value is -5.31. The molecule has 0 radical (unpaired) electrons. The smallest absolute Gasteiger partial charge is 0.338 e. The predicted octanol–water partition coefficient (Wildman–Crippen LogP) is 2.43. The van der Waals surface area contributed by atoms with Gasteiger partial charge in [-0.05, 0) is 44.4 Å². The SMILES string of the molecule is COc1ccc(-n2c(=O)c3c(CN(C)C)n(-c4ccc([N+](=O)[O-])cc4)nc3n(Cc3c(F)cccc3F)c2=O)nn1. The van der Waals surface area contributed by atoms with Gasteiger partial charge in [0.1, 0.15) is 17.0 Å². The van der Waals surface area contributed by atoms with Crippen LogP contribution < -0.4 is 16.0 Å². The standard InChI is InChI=1S/C26H22F2N8O5/c1-32(2)14-20-23-24(31-35(20)15-7-9-16(10-8-15)36(39)40)33(13-17-18(27)5-4-6-19(17)28)26(38)34(25(23)37)21-11-12-22(41-3)30-29-21/h4-12H,13-14H2,1-3H3. The first-order chi connectivity index (χ1) is 19.6. The van der Waals surface area contributed by atoms with Gasteiger partial charge in [0.2, 0.25) is 5.88 Å². The summed E-state index contributed by atoms with van der Waals surface area (Å²) in [6.45, 7) is -0.459. The Morgan fingerprint density at radius 2 is 1.68 bits per heavy atom. The van der Waals surface area contributed by atoms with Crippen LogP contribution in [0.5, 0.6) is 5.88 Å². The molecule has 5 rings (SSSR count). The number of nitro benzene ring substituents is 1. The molecule has 13 nitrogen and oxygen atoms in total. The molecule has 5 aromatic rings. The monoisotopic (exact) mass is 564 g/mol. The Morgan fingerprint density at radius 1 is 1.00 bits per heavy atom. The Morgan fingerprint density at radius 3 is 2.24 bits per heavy atom. The van der Waals surface area contributed by atoms with Crippen molar-refractivity contribution in [3.8, 4) is 17.4 Å². The lowest BCUT2D eigenvalue weighted by atomic mass is 10.2. The number of nitrogens with zero attached hydrogens (tertiary/aromatic N) is 8. The molecule has 0 N–H and O–H groups in total. The summed E-state index contributed by atoms with van der Waals surface area (Å²) < 4.78 is 37.6. The van der Waals surface area contributed by atoms with Gasteiger partial charge in [-0.15, -0.1) is 15.3 Å². The van der Waals surface area contributed by atoms with Gasteiger partial charge in [-0.3, -0.25) is 19.5 Å². The molecule has 0 saturated carbocycles. The Bertz CT molecular complexity index is 1880. The van der Waals surface area contributed by atoms with Crippen molar-refractivity contribution in [2.45, 2.75) is 13.1 Å². The molecule has 0 fully saturated rings. The third-order valence-corrected chi connectivity index (χ3v) is 6.27. The van der Waals surface area contributed by atoms with E-state index in [0.29, 0.717) is 11.4 Å². The Kier molecular flexibility index (Phi) is 7.11. The minimum absolute atomic E-state index is 0.0222. The van der Waals surface area contributed by atoms with Gasteiger partial charge in [0.25, 0.3) is 11.2 Å². The maximum absolute atomic E-state index is 14.7. The normalized spacial score (nSPS) is 11.4. The van der Waals surface area contributed by atoms with Crippen molar-refractivity contribution in [1.29, 1.82) is 0 Å². The molecule has 0 spiro atoms. The molecule has 15 heteroatoms. The van der Waals surface area contributed by atoms with Gasteiger partial charge in [0, 0.05) is 30.3 Å². The molecular formula is C26H22F2N8O5. The van der Waals surface area contributed by atoms with Crippen LogP contribution in [0.15, 0.2) is 64.2 Å². The Labute approximate surface area is 229 Å². The number of hydrogen-bond donors (Lipinski definition) is 0. The highest BCUT2D eigenvalue weighted by Crippen LogP contribution is 2.24. The maximum atomic E-state index is 14.7. The van der Waals surface area contributed by atoms with Gasteiger partial charge in [-0.1, -0.05) is 6.07 Å². The van der Waals surface area contributed by atoms with Crippen LogP contribution in [0.2, 0.25) is 0 Å². The highest BCUT2D eigenvalue weighted by molar-refractivity contribution is 5.79.